The molecule has 10 heteroatoms. The SMILES string of the molecule is C=CCOc1cccc(C(C)NS(=O)(=O)CCCOCn2ccc(=O)[nH]c2=O)c1. The summed E-state index contributed by atoms with van der Waals surface area (Å²) in [6, 6.07) is 7.97. The first-order valence-electron chi connectivity index (χ1n) is 9.02. The van der Waals surface area contributed by atoms with E-state index in [1.54, 1.807) is 31.2 Å². The predicted octanol–water partition coefficient (Wildman–Crippen LogP) is 1.15. The first-order valence-corrected chi connectivity index (χ1v) is 10.7. The Kier molecular flexibility index (Phi) is 8.37. The standard InChI is InChI=1S/C19H25N3O6S/c1-3-10-28-17-7-4-6-16(13-17)15(2)21-29(25,26)12-5-11-27-14-22-9-8-18(23)20-19(22)24/h3-4,6-9,13,15,21H,1,5,10-12,14H2,2H3,(H,20,23,24). The zero-order valence-electron chi connectivity index (χ0n) is 16.2. The number of hydrogen-bond donors (Lipinski definition) is 2. The van der Waals surface area contributed by atoms with Crippen LogP contribution in [0.4, 0.5) is 0 Å². The average Bonchev–Trinajstić information content (AvgIpc) is 2.67. The number of benzene rings is 1. The molecule has 2 aromatic rings. The number of nitrogens with one attached hydrogen (secondary N) is 2. The van der Waals surface area contributed by atoms with Crippen molar-refractivity contribution in [2.75, 3.05) is 19.0 Å². The van der Waals surface area contributed by atoms with Crippen molar-refractivity contribution in [3.8, 4) is 5.75 Å². The highest BCUT2D eigenvalue weighted by Gasteiger charge is 2.16. The van der Waals surface area contributed by atoms with E-state index in [-0.39, 0.29) is 25.5 Å². The van der Waals surface area contributed by atoms with Crippen molar-refractivity contribution in [3.63, 3.8) is 0 Å². The van der Waals surface area contributed by atoms with Crippen molar-refractivity contribution in [1.29, 1.82) is 0 Å². The summed E-state index contributed by atoms with van der Waals surface area (Å²) in [4.78, 5) is 24.6. The molecule has 0 fully saturated rings. The summed E-state index contributed by atoms with van der Waals surface area (Å²) in [5.41, 5.74) is -0.293. The fourth-order valence-electron chi connectivity index (χ4n) is 2.48. The molecule has 0 saturated carbocycles. The normalized spacial score (nSPS) is 12.4. The summed E-state index contributed by atoms with van der Waals surface area (Å²) in [5, 5.41) is 0. The fourth-order valence-corrected chi connectivity index (χ4v) is 3.78. The number of nitrogens with zero attached hydrogens (tertiary/aromatic N) is 1. The Hall–Kier alpha value is -2.69. The highest BCUT2D eigenvalue weighted by molar-refractivity contribution is 7.89. The Balaban J connectivity index is 1.79. The van der Waals surface area contributed by atoms with Gasteiger partial charge in [-0.05, 0) is 31.0 Å². The van der Waals surface area contributed by atoms with Crippen LogP contribution in [0.25, 0.3) is 0 Å². The monoisotopic (exact) mass is 423 g/mol. The van der Waals surface area contributed by atoms with E-state index in [0.717, 1.165) is 5.56 Å². The molecule has 0 bridgehead atoms. The van der Waals surface area contributed by atoms with Gasteiger partial charge in [-0.25, -0.2) is 17.9 Å². The van der Waals surface area contributed by atoms with E-state index in [1.807, 2.05) is 6.07 Å². The number of aromatic nitrogens is 2. The molecular formula is C19H25N3O6S. The summed E-state index contributed by atoms with van der Waals surface area (Å²) < 4.78 is 39.2. The van der Waals surface area contributed by atoms with Gasteiger partial charge in [0.05, 0.1) is 5.75 Å². The van der Waals surface area contributed by atoms with Crippen LogP contribution in [-0.4, -0.2) is 36.9 Å². The van der Waals surface area contributed by atoms with Gasteiger partial charge in [-0.1, -0.05) is 24.8 Å². The van der Waals surface area contributed by atoms with Crippen LogP contribution in [0, 0.1) is 0 Å². The molecule has 2 N–H and O–H groups in total. The maximum atomic E-state index is 12.3. The molecule has 9 nitrogen and oxygen atoms in total. The largest absolute Gasteiger partial charge is 0.490 e. The molecule has 29 heavy (non-hydrogen) atoms. The van der Waals surface area contributed by atoms with E-state index >= 15 is 0 Å². The Bertz CT molecular complexity index is 1030. The van der Waals surface area contributed by atoms with Gasteiger partial charge in [0, 0.05) is 24.9 Å². The lowest BCUT2D eigenvalue weighted by molar-refractivity contribution is 0.0744. The second-order valence-electron chi connectivity index (χ2n) is 6.30. The molecule has 2 rings (SSSR count). The quantitative estimate of drug-likeness (QED) is 0.390. The van der Waals surface area contributed by atoms with Crippen molar-refractivity contribution in [3.05, 3.63) is 75.6 Å². The molecule has 0 spiro atoms. The van der Waals surface area contributed by atoms with Gasteiger partial charge in [-0.2, -0.15) is 0 Å². The van der Waals surface area contributed by atoms with E-state index in [2.05, 4.69) is 16.3 Å². The van der Waals surface area contributed by atoms with E-state index < -0.39 is 27.3 Å². The Morgan fingerprint density at radius 1 is 1.31 bits per heavy atom. The van der Waals surface area contributed by atoms with Crippen molar-refractivity contribution in [1.82, 2.24) is 14.3 Å². The predicted molar refractivity (Wildman–Crippen MR) is 109 cm³/mol. The molecule has 1 aromatic heterocycles. The molecule has 0 aliphatic carbocycles. The molecule has 0 amide bonds. The Labute approximate surface area is 169 Å². The topological polar surface area (TPSA) is 119 Å². The first-order chi connectivity index (χ1) is 13.8. The zero-order chi connectivity index (χ0) is 21.3. The third-order valence-electron chi connectivity index (χ3n) is 3.91. The average molecular weight is 423 g/mol. The number of H-pyrrole nitrogens is 1. The van der Waals surface area contributed by atoms with Crippen LogP contribution >= 0.6 is 0 Å². The number of aromatic amines is 1. The maximum absolute atomic E-state index is 12.3. The maximum Gasteiger partial charge on any atom is 0.330 e. The second-order valence-corrected chi connectivity index (χ2v) is 8.17. The lowest BCUT2D eigenvalue weighted by atomic mass is 10.1. The lowest BCUT2D eigenvalue weighted by Crippen LogP contribution is -2.30. The van der Waals surface area contributed by atoms with E-state index in [9.17, 15) is 18.0 Å². The van der Waals surface area contributed by atoms with Crippen molar-refractivity contribution < 1.29 is 17.9 Å². The smallest absolute Gasteiger partial charge is 0.330 e. The minimum Gasteiger partial charge on any atom is -0.490 e. The Morgan fingerprint density at radius 2 is 2.10 bits per heavy atom. The summed E-state index contributed by atoms with van der Waals surface area (Å²) >= 11 is 0. The Morgan fingerprint density at radius 3 is 2.83 bits per heavy atom. The van der Waals surface area contributed by atoms with Gasteiger partial charge >= 0.3 is 5.69 Å². The third-order valence-corrected chi connectivity index (χ3v) is 5.45. The first kappa shape index (κ1) is 22.6. The van der Waals surface area contributed by atoms with Gasteiger partial charge in [0.1, 0.15) is 19.1 Å². The highest BCUT2D eigenvalue weighted by atomic mass is 32.2. The van der Waals surface area contributed by atoms with E-state index in [4.69, 9.17) is 9.47 Å². The number of rotatable bonds is 12. The fraction of sp³-hybridized carbons (Fsp3) is 0.368. The summed E-state index contributed by atoms with van der Waals surface area (Å²) in [6.07, 6.45) is 3.20. The molecule has 0 saturated heterocycles. The van der Waals surface area contributed by atoms with Crippen LogP contribution in [0.3, 0.4) is 0 Å². The molecule has 1 aromatic carbocycles. The van der Waals surface area contributed by atoms with Crippen LogP contribution in [-0.2, 0) is 21.5 Å². The van der Waals surface area contributed by atoms with Crippen LogP contribution in [0.2, 0.25) is 0 Å². The molecule has 1 atom stereocenters. The van der Waals surface area contributed by atoms with Gasteiger partial charge in [0.15, 0.2) is 0 Å². The third kappa shape index (κ3) is 7.68. The molecule has 1 unspecified atom stereocenters. The molecule has 1 heterocycles. The van der Waals surface area contributed by atoms with Crippen molar-refractivity contribution in [2.45, 2.75) is 26.1 Å². The zero-order valence-corrected chi connectivity index (χ0v) is 17.0. The van der Waals surface area contributed by atoms with Gasteiger partial charge in [0.2, 0.25) is 10.0 Å². The lowest BCUT2D eigenvalue weighted by Gasteiger charge is -2.16. The minimum atomic E-state index is -3.52. The molecule has 158 valence electrons. The van der Waals surface area contributed by atoms with Gasteiger partial charge < -0.3 is 9.47 Å². The van der Waals surface area contributed by atoms with Crippen LogP contribution in [0.15, 0.2) is 58.8 Å². The molecule has 0 aliphatic heterocycles. The summed E-state index contributed by atoms with van der Waals surface area (Å²) in [5.74, 6) is 0.518. The van der Waals surface area contributed by atoms with Gasteiger partial charge in [-0.3, -0.25) is 14.3 Å². The highest BCUT2D eigenvalue weighted by Crippen LogP contribution is 2.20. The van der Waals surface area contributed by atoms with Gasteiger partial charge in [-0.15, -0.1) is 0 Å². The number of sulfonamides is 1. The van der Waals surface area contributed by atoms with Crippen molar-refractivity contribution in [2.24, 2.45) is 0 Å². The molecule has 0 aliphatic rings. The summed E-state index contributed by atoms with van der Waals surface area (Å²) in [6.45, 7) is 5.79. The van der Waals surface area contributed by atoms with E-state index in [1.165, 1.54) is 16.8 Å². The summed E-state index contributed by atoms with van der Waals surface area (Å²) in [7, 11) is -3.52. The molecule has 0 radical (unpaired) electrons. The number of ether oxygens (including phenoxy) is 2. The second kappa shape index (κ2) is 10.7. The van der Waals surface area contributed by atoms with Crippen LogP contribution < -0.4 is 20.7 Å². The van der Waals surface area contributed by atoms with Crippen LogP contribution in [0.1, 0.15) is 24.9 Å². The molecular weight excluding hydrogens is 398 g/mol. The van der Waals surface area contributed by atoms with Gasteiger partial charge in [0.25, 0.3) is 5.56 Å². The minimum absolute atomic E-state index is 0.0724. The van der Waals surface area contributed by atoms with Crippen LogP contribution in [0.5, 0.6) is 5.75 Å². The van der Waals surface area contributed by atoms with Crippen molar-refractivity contribution >= 4 is 10.0 Å². The van der Waals surface area contributed by atoms with E-state index in [0.29, 0.717) is 12.4 Å². The number of hydrogen-bond acceptors (Lipinski definition) is 6.